The van der Waals surface area contributed by atoms with Crippen molar-refractivity contribution in [1.29, 1.82) is 0 Å². The molecule has 1 unspecified atom stereocenters. The molecule has 18 heavy (non-hydrogen) atoms. The van der Waals surface area contributed by atoms with Crippen LogP contribution in [0.25, 0.3) is 0 Å². The molecule has 0 bridgehead atoms. The standard InChI is InChI=1S/C14H23NOS2/c1-3-7-16-8-4-6-15-13-10-11(2)18-14-12(13)5-9-17-14/h5,9,11,13,15H,3-4,6-8,10H2,1-2H3/t11-,13?/m0/s1. The Balaban J connectivity index is 1.73. The summed E-state index contributed by atoms with van der Waals surface area (Å²) in [6.45, 7) is 7.31. The molecule has 2 atom stereocenters. The first-order chi connectivity index (χ1) is 8.81. The highest BCUT2D eigenvalue weighted by atomic mass is 32.2. The van der Waals surface area contributed by atoms with Crippen LogP contribution in [-0.2, 0) is 4.74 Å². The van der Waals surface area contributed by atoms with E-state index in [0.29, 0.717) is 6.04 Å². The molecule has 1 N–H and O–H groups in total. The van der Waals surface area contributed by atoms with Crippen LogP contribution in [-0.4, -0.2) is 25.0 Å². The smallest absolute Gasteiger partial charge is 0.0649 e. The Morgan fingerprint density at radius 1 is 1.44 bits per heavy atom. The van der Waals surface area contributed by atoms with Gasteiger partial charge in [-0.15, -0.1) is 23.1 Å². The summed E-state index contributed by atoms with van der Waals surface area (Å²) in [4.78, 5) is 0. The summed E-state index contributed by atoms with van der Waals surface area (Å²) in [7, 11) is 0. The molecule has 0 spiro atoms. The molecule has 1 aliphatic rings. The molecule has 0 amide bonds. The number of hydrogen-bond donors (Lipinski definition) is 1. The number of rotatable bonds is 7. The number of hydrogen-bond acceptors (Lipinski definition) is 4. The summed E-state index contributed by atoms with van der Waals surface area (Å²) in [5, 5.41) is 6.63. The first-order valence-corrected chi connectivity index (χ1v) is 8.62. The normalized spacial score (nSPS) is 23.0. The van der Waals surface area contributed by atoms with Crippen LogP contribution in [0.15, 0.2) is 15.7 Å². The van der Waals surface area contributed by atoms with Crippen molar-refractivity contribution in [3.63, 3.8) is 0 Å². The number of nitrogens with one attached hydrogen (secondary N) is 1. The lowest BCUT2D eigenvalue weighted by molar-refractivity contribution is 0.131. The van der Waals surface area contributed by atoms with Crippen LogP contribution in [0.1, 0.15) is 44.7 Å². The zero-order valence-corrected chi connectivity index (χ0v) is 12.9. The highest BCUT2D eigenvalue weighted by Crippen LogP contribution is 2.43. The second-order valence-electron chi connectivity index (χ2n) is 4.80. The summed E-state index contributed by atoms with van der Waals surface area (Å²) in [5.74, 6) is 0. The molecule has 0 aliphatic carbocycles. The van der Waals surface area contributed by atoms with Gasteiger partial charge in [0.1, 0.15) is 0 Å². The Bertz CT molecular complexity index is 353. The quantitative estimate of drug-likeness (QED) is 0.763. The molecule has 0 saturated heterocycles. The van der Waals surface area contributed by atoms with E-state index in [4.69, 9.17) is 4.74 Å². The Morgan fingerprint density at radius 2 is 2.33 bits per heavy atom. The van der Waals surface area contributed by atoms with Gasteiger partial charge in [0.2, 0.25) is 0 Å². The van der Waals surface area contributed by atoms with Gasteiger partial charge in [0.15, 0.2) is 0 Å². The highest BCUT2D eigenvalue weighted by Gasteiger charge is 2.25. The summed E-state index contributed by atoms with van der Waals surface area (Å²) < 4.78 is 7.01. The van der Waals surface area contributed by atoms with Gasteiger partial charge < -0.3 is 10.1 Å². The van der Waals surface area contributed by atoms with E-state index in [2.05, 4.69) is 30.6 Å². The minimum atomic E-state index is 0.550. The van der Waals surface area contributed by atoms with E-state index in [-0.39, 0.29) is 0 Å². The first kappa shape index (κ1) is 14.4. The van der Waals surface area contributed by atoms with Crippen molar-refractivity contribution in [2.45, 2.75) is 48.6 Å². The third kappa shape index (κ3) is 3.98. The van der Waals surface area contributed by atoms with Gasteiger partial charge in [0.05, 0.1) is 4.21 Å². The van der Waals surface area contributed by atoms with E-state index >= 15 is 0 Å². The van der Waals surface area contributed by atoms with Gasteiger partial charge >= 0.3 is 0 Å². The SMILES string of the molecule is CCCOCCCNC1C[C@H](C)Sc2sccc21. The minimum Gasteiger partial charge on any atom is -0.381 e. The molecule has 2 rings (SSSR count). The molecular weight excluding hydrogens is 262 g/mol. The van der Waals surface area contributed by atoms with Crippen LogP contribution in [0, 0.1) is 0 Å². The molecule has 1 aromatic rings. The van der Waals surface area contributed by atoms with Crippen LogP contribution in [0.4, 0.5) is 0 Å². The average Bonchev–Trinajstić information content (AvgIpc) is 2.81. The van der Waals surface area contributed by atoms with Crippen LogP contribution in [0.2, 0.25) is 0 Å². The van der Waals surface area contributed by atoms with Crippen LogP contribution in [0.5, 0.6) is 0 Å². The van der Waals surface area contributed by atoms with Crippen molar-refractivity contribution in [2.75, 3.05) is 19.8 Å². The second-order valence-corrected chi connectivity index (χ2v) is 7.42. The molecule has 1 aromatic heterocycles. The highest BCUT2D eigenvalue weighted by molar-refractivity contribution is 8.01. The van der Waals surface area contributed by atoms with Crippen molar-refractivity contribution < 1.29 is 4.74 Å². The first-order valence-electron chi connectivity index (χ1n) is 6.86. The van der Waals surface area contributed by atoms with Gasteiger partial charge in [-0.1, -0.05) is 13.8 Å². The maximum Gasteiger partial charge on any atom is 0.0649 e. The Kier molecular flexibility index (Phi) is 6.02. The topological polar surface area (TPSA) is 21.3 Å². The molecule has 1 aliphatic heterocycles. The van der Waals surface area contributed by atoms with Crippen molar-refractivity contribution in [3.05, 3.63) is 17.0 Å². The van der Waals surface area contributed by atoms with Gasteiger partial charge in [-0.3, -0.25) is 0 Å². The molecular formula is C14H23NOS2. The van der Waals surface area contributed by atoms with Crippen molar-refractivity contribution in [1.82, 2.24) is 5.32 Å². The van der Waals surface area contributed by atoms with E-state index in [1.54, 1.807) is 0 Å². The fourth-order valence-electron chi connectivity index (χ4n) is 2.24. The maximum absolute atomic E-state index is 5.51. The summed E-state index contributed by atoms with van der Waals surface area (Å²) in [6.07, 6.45) is 3.46. The fourth-order valence-corrected chi connectivity index (χ4v) is 4.81. The summed E-state index contributed by atoms with van der Waals surface area (Å²) >= 11 is 3.91. The zero-order valence-electron chi connectivity index (χ0n) is 11.3. The molecule has 4 heteroatoms. The average molecular weight is 285 g/mol. The lowest BCUT2D eigenvalue weighted by Gasteiger charge is -2.27. The molecule has 0 fully saturated rings. The largest absolute Gasteiger partial charge is 0.381 e. The van der Waals surface area contributed by atoms with Gasteiger partial charge in [0, 0.05) is 24.5 Å². The van der Waals surface area contributed by atoms with Gasteiger partial charge in [-0.05, 0) is 42.8 Å². The van der Waals surface area contributed by atoms with Gasteiger partial charge in [-0.25, -0.2) is 0 Å². The molecule has 0 saturated carbocycles. The third-order valence-electron chi connectivity index (χ3n) is 3.11. The lowest BCUT2D eigenvalue weighted by Crippen LogP contribution is -2.27. The van der Waals surface area contributed by atoms with Crippen molar-refractivity contribution in [3.8, 4) is 0 Å². The summed E-state index contributed by atoms with van der Waals surface area (Å²) in [5.41, 5.74) is 1.51. The van der Waals surface area contributed by atoms with Crippen LogP contribution in [0.3, 0.4) is 0 Å². The Morgan fingerprint density at radius 3 is 3.17 bits per heavy atom. The van der Waals surface area contributed by atoms with E-state index < -0.39 is 0 Å². The summed E-state index contributed by atoms with van der Waals surface area (Å²) in [6, 6.07) is 2.83. The Hall–Kier alpha value is -0.0300. The number of thioether (sulfide) groups is 1. The predicted octanol–water partition coefficient (Wildman–Crippen LogP) is 4.08. The minimum absolute atomic E-state index is 0.550. The monoisotopic (exact) mass is 285 g/mol. The van der Waals surface area contributed by atoms with Gasteiger partial charge in [-0.2, -0.15) is 0 Å². The van der Waals surface area contributed by atoms with Crippen LogP contribution >= 0.6 is 23.1 Å². The predicted molar refractivity (Wildman–Crippen MR) is 80.7 cm³/mol. The number of fused-ring (bicyclic) bond motifs is 1. The molecule has 0 radical (unpaired) electrons. The second kappa shape index (κ2) is 7.53. The van der Waals surface area contributed by atoms with E-state index in [9.17, 15) is 0 Å². The van der Waals surface area contributed by atoms with E-state index in [1.165, 1.54) is 16.2 Å². The van der Waals surface area contributed by atoms with Gasteiger partial charge in [0.25, 0.3) is 0 Å². The molecule has 0 aromatic carbocycles. The molecule has 2 heterocycles. The molecule has 2 nitrogen and oxygen atoms in total. The third-order valence-corrected chi connectivity index (χ3v) is 5.46. The van der Waals surface area contributed by atoms with Crippen molar-refractivity contribution >= 4 is 23.1 Å². The van der Waals surface area contributed by atoms with Crippen LogP contribution < -0.4 is 5.32 Å². The lowest BCUT2D eigenvalue weighted by atomic mass is 10.0. The zero-order chi connectivity index (χ0) is 12.8. The molecule has 102 valence electrons. The maximum atomic E-state index is 5.51. The van der Waals surface area contributed by atoms with E-state index in [0.717, 1.165) is 37.9 Å². The van der Waals surface area contributed by atoms with E-state index in [1.807, 2.05) is 23.1 Å². The fraction of sp³-hybridized carbons (Fsp3) is 0.714. The Labute approximate surface area is 119 Å². The van der Waals surface area contributed by atoms with Crippen molar-refractivity contribution in [2.24, 2.45) is 0 Å². The number of ether oxygens (including phenoxy) is 1. The number of thiophene rings is 1.